The van der Waals surface area contributed by atoms with Crippen LogP contribution in [0.15, 0.2) is 41.0 Å². The Morgan fingerprint density at radius 2 is 1.95 bits per heavy atom. The minimum Gasteiger partial charge on any atom is -0.398 e. The third kappa shape index (κ3) is 2.02. The van der Waals surface area contributed by atoms with E-state index in [4.69, 9.17) is 5.73 Å². The molecule has 19 heavy (non-hydrogen) atoms. The predicted molar refractivity (Wildman–Crippen MR) is 82.2 cm³/mol. The first kappa shape index (κ1) is 12.2. The second kappa shape index (κ2) is 4.38. The lowest BCUT2D eigenvalue weighted by atomic mass is 10.1. The highest BCUT2D eigenvalue weighted by atomic mass is 79.9. The van der Waals surface area contributed by atoms with Gasteiger partial charge in [-0.25, -0.2) is 4.98 Å². The molecule has 96 valence electrons. The van der Waals surface area contributed by atoms with Crippen molar-refractivity contribution >= 4 is 27.1 Å². The topological polar surface area (TPSA) is 43.3 Å². The van der Waals surface area contributed by atoms with E-state index < -0.39 is 0 Å². The molecule has 1 aromatic carbocycles. The lowest BCUT2D eigenvalue weighted by Crippen LogP contribution is -1.91. The number of halogens is 1. The molecule has 0 saturated carbocycles. The van der Waals surface area contributed by atoms with Crippen molar-refractivity contribution in [3.05, 3.63) is 52.4 Å². The van der Waals surface area contributed by atoms with Crippen molar-refractivity contribution in [1.29, 1.82) is 0 Å². The minimum absolute atomic E-state index is 0.743. The smallest absolute Gasteiger partial charge is 0.110 e. The van der Waals surface area contributed by atoms with E-state index in [2.05, 4.69) is 40.0 Å². The molecule has 0 unspecified atom stereocenters. The number of hydrogen-bond donors (Lipinski definition) is 1. The summed E-state index contributed by atoms with van der Waals surface area (Å²) in [7, 11) is 0. The van der Waals surface area contributed by atoms with Crippen molar-refractivity contribution in [2.45, 2.75) is 13.8 Å². The zero-order valence-corrected chi connectivity index (χ0v) is 12.4. The maximum atomic E-state index is 5.84. The van der Waals surface area contributed by atoms with Crippen LogP contribution in [0.4, 0.5) is 5.69 Å². The predicted octanol–water partition coefficient (Wildman–Crippen LogP) is 3.96. The van der Waals surface area contributed by atoms with Gasteiger partial charge >= 0.3 is 0 Å². The zero-order chi connectivity index (χ0) is 13.6. The van der Waals surface area contributed by atoms with Gasteiger partial charge in [-0.2, -0.15) is 0 Å². The van der Waals surface area contributed by atoms with Gasteiger partial charge in [0.2, 0.25) is 0 Å². The van der Waals surface area contributed by atoms with Crippen LogP contribution in [0.5, 0.6) is 0 Å². The third-order valence-corrected chi connectivity index (χ3v) is 3.77. The van der Waals surface area contributed by atoms with Crippen LogP contribution in [0.3, 0.4) is 0 Å². The van der Waals surface area contributed by atoms with E-state index in [-0.39, 0.29) is 0 Å². The molecule has 2 N–H and O–H groups in total. The van der Waals surface area contributed by atoms with Gasteiger partial charge in [-0.1, -0.05) is 22.0 Å². The fourth-order valence-corrected chi connectivity index (χ4v) is 2.82. The first-order valence-electron chi connectivity index (χ1n) is 6.07. The Kier molecular flexibility index (Phi) is 2.82. The molecule has 3 rings (SSSR count). The molecule has 0 amide bonds. The lowest BCUT2D eigenvalue weighted by molar-refractivity contribution is 1.05. The van der Waals surface area contributed by atoms with Gasteiger partial charge < -0.3 is 10.1 Å². The van der Waals surface area contributed by atoms with E-state index in [9.17, 15) is 0 Å². The summed E-state index contributed by atoms with van der Waals surface area (Å²) >= 11 is 3.49. The fraction of sp³-hybridized carbons (Fsp3) is 0.133. The monoisotopic (exact) mass is 315 g/mol. The Bertz CT molecular complexity index is 774. The summed E-state index contributed by atoms with van der Waals surface area (Å²) in [6, 6.07) is 10.2. The first-order chi connectivity index (χ1) is 9.06. The molecule has 0 fully saturated rings. The highest BCUT2D eigenvalue weighted by Gasteiger charge is 2.12. The van der Waals surface area contributed by atoms with E-state index in [1.165, 1.54) is 5.56 Å². The second-order valence-electron chi connectivity index (χ2n) is 4.68. The molecule has 0 atom stereocenters. The van der Waals surface area contributed by atoms with Gasteiger partial charge in [0.05, 0.1) is 11.2 Å². The molecule has 0 radical (unpaired) electrons. The SMILES string of the molecule is Cc1cc(Br)ccc1-c1nc(C)n2cc(N)ccc12. The number of rotatable bonds is 1. The zero-order valence-electron chi connectivity index (χ0n) is 10.8. The van der Waals surface area contributed by atoms with Gasteiger partial charge in [-0.15, -0.1) is 0 Å². The van der Waals surface area contributed by atoms with Crippen LogP contribution in [0.1, 0.15) is 11.4 Å². The molecule has 0 aliphatic rings. The van der Waals surface area contributed by atoms with Crippen LogP contribution in [0, 0.1) is 13.8 Å². The van der Waals surface area contributed by atoms with Crippen molar-refractivity contribution in [3.63, 3.8) is 0 Å². The van der Waals surface area contributed by atoms with Crippen LogP contribution >= 0.6 is 15.9 Å². The Hall–Kier alpha value is -1.81. The van der Waals surface area contributed by atoms with Crippen molar-refractivity contribution in [2.24, 2.45) is 0 Å². The Morgan fingerprint density at radius 3 is 2.68 bits per heavy atom. The number of aryl methyl sites for hydroxylation is 2. The highest BCUT2D eigenvalue weighted by Crippen LogP contribution is 2.29. The van der Waals surface area contributed by atoms with Gasteiger partial charge in [-0.3, -0.25) is 0 Å². The molecule has 3 nitrogen and oxygen atoms in total. The number of pyridine rings is 1. The lowest BCUT2D eigenvalue weighted by Gasteiger charge is -2.04. The van der Waals surface area contributed by atoms with Crippen molar-refractivity contribution in [2.75, 3.05) is 5.73 Å². The molecule has 0 bridgehead atoms. The quantitative estimate of drug-likeness (QED) is 0.738. The first-order valence-corrected chi connectivity index (χ1v) is 6.86. The highest BCUT2D eigenvalue weighted by molar-refractivity contribution is 9.10. The van der Waals surface area contributed by atoms with Crippen LogP contribution < -0.4 is 5.73 Å². The second-order valence-corrected chi connectivity index (χ2v) is 5.60. The van der Waals surface area contributed by atoms with E-state index in [1.54, 1.807) is 0 Å². The maximum Gasteiger partial charge on any atom is 0.110 e. The molecule has 2 aromatic heterocycles. The van der Waals surface area contributed by atoms with Crippen molar-refractivity contribution in [1.82, 2.24) is 9.38 Å². The molecule has 0 spiro atoms. The maximum absolute atomic E-state index is 5.84. The molecule has 0 aliphatic carbocycles. The Morgan fingerprint density at radius 1 is 1.16 bits per heavy atom. The average molecular weight is 316 g/mol. The van der Waals surface area contributed by atoms with E-state index >= 15 is 0 Å². The standard InChI is InChI=1S/C15H14BrN3/c1-9-7-11(16)3-5-13(9)15-14-6-4-12(17)8-19(14)10(2)18-15/h3-8H,17H2,1-2H3. The fourth-order valence-electron chi connectivity index (χ4n) is 2.34. The number of nitrogens with two attached hydrogens (primary N) is 1. The summed E-state index contributed by atoms with van der Waals surface area (Å²) in [4.78, 5) is 4.68. The van der Waals surface area contributed by atoms with Crippen LogP contribution in [-0.2, 0) is 0 Å². The van der Waals surface area contributed by atoms with Crippen molar-refractivity contribution in [3.8, 4) is 11.3 Å². The molecule has 4 heteroatoms. The van der Waals surface area contributed by atoms with E-state index in [1.807, 2.05) is 35.7 Å². The van der Waals surface area contributed by atoms with Gasteiger partial charge in [-0.05, 0) is 43.7 Å². The van der Waals surface area contributed by atoms with E-state index in [0.29, 0.717) is 0 Å². The number of hydrogen-bond acceptors (Lipinski definition) is 2. The summed E-state index contributed by atoms with van der Waals surface area (Å²) in [5.74, 6) is 0.944. The van der Waals surface area contributed by atoms with Gasteiger partial charge in [0, 0.05) is 21.9 Å². The molecule has 2 heterocycles. The summed E-state index contributed by atoms with van der Waals surface area (Å²) < 4.78 is 3.12. The van der Waals surface area contributed by atoms with Crippen LogP contribution in [0.2, 0.25) is 0 Å². The number of anilines is 1. The summed E-state index contributed by atoms with van der Waals surface area (Å²) in [6.07, 6.45) is 1.91. The average Bonchev–Trinajstić information content (AvgIpc) is 2.66. The molecule has 3 aromatic rings. The number of imidazole rings is 1. The third-order valence-electron chi connectivity index (χ3n) is 3.28. The normalized spacial score (nSPS) is 11.1. The largest absolute Gasteiger partial charge is 0.398 e. The molecular formula is C15H14BrN3. The van der Waals surface area contributed by atoms with Gasteiger partial charge in [0.1, 0.15) is 5.82 Å². The van der Waals surface area contributed by atoms with Crippen molar-refractivity contribution < 1.29 is 0 Å². The number of fused-ring (bicyclic) bond motifs is 1. The van der Waals surface area contributed by atoms with Crippen LogP contribution in [-0.4, -0.2) is 9.38 Å². The minimum atomic E-state index is 0.743. The molecular weight excluding hydrogens is 302 g/mol. The van der Waals surface area contributed by atoms with Gasteiger partial charge in [0.25, 0.3) is 0 Å². The summed E-state index contributed by atoms with van der Waals surface area (Å²) in [6.45, 7) is 4.09. The molecule has 0 aliphatic heterocycles. The summed E-state index contributed by atoms with van der Waals surface area (Å²) in [5, 5.41) is 0. The number of aromatic nitrogens is 2. The number of benzene rings is 1. The Labute approximate surface area is 120 Å². The molecule has 0 saturated heterocycles. The van der Waals surface area contributed by atoms with Gasteiger partial charge in [0.15, 0.2) is 0 Å². The number of nitrogens with zero attached hydrogens (tertiary/aromatic N) is 2. The van der Waals surface area contributed by atoms with Crippen LogP contribution in [0.25, 0.3) is 16.8 Å². The summed E-state index contributed by atoms with van der Waals surface area (Å²) in [5.41, 5.74) is 11.0. The number of nitrogen functional groups attached to an aromatic ring is 1. The Balaban J connectivity index is 2.31. The van der Waals surface area contributed by atoms with E-state index in [0.717, 1.165) is 32.8 Å².